The molecule has 3 N–H and O–H groups in total. The van der Waals surface area contributed by atoms with Gasteiger partial charge in [-0.25, -0.2) is 0 Å². The molecule has 7 nitrogen and oxygen atoms in total. The molecule has 1 amide bonds. The van der Waals surface area contributed by atoms with Crippen LogP contribution in [0.1, 0.15) is 61.2 Å². The fraction of sp³-hybridized carbons (Fsp3) is 0.500. The average Bonchev–Trinajstić information content (AvgIpc) is 3.07. The Labute approximate surface area is 146 Å². The number of benzene rings is 1. The number of nitrogens with one attached hydrogen (secondary N) is 1. The van der Waals surface area contributed by atoms with E-state index < -0.39 is 5.54 Å². The summed E-state index contributed by atoms with van der Waals surface area (Å²) in [4.78, 5) is 17.0. The SMILES string of the molecule is COc1ccc(C(=O)NC(c2nc(C3(N)CCC3)no2)C(C)C)cc1. The number of nitrogens with zero attached hydrogens (tertiary/aromatic N) is 2. The van der Waals surface area contributed by atoms with E-state index in [1.807, 2.05) is 13.8 Å². The molecule has 1 aliphatic carbocycles. The summed E-state index contributed by atoms with van der Waals surface area (Å²) < 4.78 is 10.5. The van der Waals surface area contributed by atoms with Crippen LogP contribution < -0.4 is 15.8 Å². The number of aromatic nitrogens is 2. The van der Waals surface area contributed by atoms with E-state index in [9.17, 15) is 4.79 Å². The van der Waals surface area contributed by atoms with Crippen molar-refractivity contribution < 1.29 is 14.1 Å². The van der Waals surface area contributed by atoms with E-state index in [4.69, 9.17) is 15.0 Å². The minimum Gasteiger partial charge on any atom is -0.497 e. The predicted octanol–water partition coefficient (Wildman–Crippen LogP) is 2.54. The lowest BCUT2D eigenvalue weighted by molar-refractivity contribution is 0.0914. The molecule has 1 saturated carbocycles. The molecule has 134 valence electrons. The molecule has 0 saturated heterocycles. The molecule has 0 spiro atoms. The number of ether oxygens (including phenoxy) is 1. The molecule has 1 fully saturated rings. The number of rotatable bonds is 6. The maximum absolute atomic E-state index is 12.5. The Morgan fingerprint density at radius 3 is 2.52 bits per heavy atom. The summed E-state index contributed by atoms with van der Waals surface area (Å²) >= 11 is 0. The van der Waals surface area contributed by atoms with E-state index >= 15 is 0 Å². The first kappa shape index (κ1) is 17.4. The van der Waals surface area contributed by atoms with Gasteiger partial charge >= 0.3 is 0 Å². The lowest BCUT2D eigenvalue weighted by Crippen LogP contribution is -2.44. The van der Waals surface area contributed by atoms with E-state index in [2.05, 4.69) is 15.5 Å². The van der Waals surface area contributed by atoms with Gasteiger partial charge in [0.1, 0.15) is 11.8 Å². The molecule has 0 radical (unpaired) electrons. The van der Waals surface area contributed by atoms with E-state index in [0.717, 1.165) is 19.3 Å². The molecule has 7 heteroatoms. The monoisotopic (exact) mass is 344 g/mol. The molecule has 1 heterocycles. The fourth-order valence-corrected chi connectivity index (χ4v) is 2.83. The van der Waals surface area contributed by atoms with E-state index in [0.29, 0.717) is 23.0 Å². The predicted molar refractivity (Wildman–Crippen MR) is 92.1 cm³/mol. The Kier molecular flexibility index (Phi) is 4.76. The van der Waals surface area contributed by atoms with Gasteiger partial charge in [-0.3, -0.25) is 4.79 Å². The third-order valence-corrected chi connectivity index (χ3v) is 4.70. The quantitative estimate of drug-likeness (QED) is 0.835. The van der Waals surface area contributed by atoms with Gasteiger partial charge in [0.15, 0.2) is 5.82 Å². The van der Waals surface area contributed by atoms with Crippen molar-refractivity contribution in [3.8, 4) is 5.75 Å². The van der Waals surface area contributed by atoms with Crippen molar-refractivity contribution in [1.29, 1.82) is 0 Å². The zero-order valence-corrected chi connectivity index (χ0v) is 14.8. The highest BCUT2D eigenvalue weighted by Gasteiger charge is 2.39. The molecule has 1 atom stereocenters. The fourth-order valence-electron chi connectivity index (χ4n) is 2.83. The number of nitrogens with two attached hydrogens (primary N) is 1. The van der Waals surface area contributed by atoms with Gasteiger partial charge in [0.05, 0.1) is 12.6 Å². The van der Waals surface area contributed by atoms with Crippen LogP contribution in [0.25, 0.3) is 0 Å². The second-order valence-electron chi connectivity index (χ2n) is 6.89. The van der Waals surface area contributed by atoms with Gasteiger partial charge in [-0.2, -0.15) is 4.98 Å². The summed E-state index contributed by atoms with van der Waals surface area (Å²) in [5.41, 5.74) is 6.31. The largest absolute Gasteiger partial charge is 0.497 e. The summed E-state index contributed by atoms with van der Waals surface area (Å²) in [5, 5.41) is 7.01. The van der Waals surface area contributed by atoms with Crippen LogP contribution in [0.4, 0.5) is 0 Å². The van der Waals surface area contributed by atoms with Gasteiger partial charge in [-0.1, -0.05) is 19.0 Å². The van der Waals surface area contributed by atoms with Gasteiger partial charge in [-0.15, -0.1) is 0 Å². The second-order valence-corrected chi connectivity index (χ2v) is 6.89. The molecule has 1 aliphatic rings. The van der Waals surface area contributed by atoms with Gasteiger partial charge < -0.3 is 20.3 Å². The zero-order chi connectivity index (χ0) is 18.0. The third-order valence-electron chi connectivity index (χ3n) is 4.70. The van der Waals surface area contributed by atoms with Crippen LogP contribution in [0.2, 0.25) is 0 Å². The van der Waals surface area contributed by atoms with Crippen LogP contribution in [0, 0.1) is 5.92 Å². The molecular formula is C18H24N4O3. The summed E-state index contributed by atoms with van der Waals surface area (Å²) in [6.07, 6.45) is 2.79. The van der Waals surface area contributed by atoms with Gasteiger partial charge in [0, 0.05) is 5.56 Å². The number of hydrogen-bond donors (Lipinski definition) is 2. The van der Waals surface area contributed by atoms with Crippen LogP contribution in [-0.2, 0) is 5.54 Å². The van der Waals surface area contributed by atoms with Crippen molar-refractivity contribution in [3.63, 3.8) is 0 Å². The Bertz CT molecular complexity index is 735. The highest BCUT2D eigenvalue weighted by Crippen LogP contribution is 2.37. The molecule has 1 aromatic carbocycles. The van der Waals surface area contributed by atoms with E-state index in [1.165, 1.54) is 0 Å². The van der Waals surface area contributed by atoms with Crippen molar-refractivity contribution in [2.24, 2.45) is 11.7 Å². The molecule has 2 aromatic rings. The molecule has 1 aromatic heterocycles. The molecule has 0 aliphatic heterocycles. The molecule has 1 unspecified atom stereocenters. The van der Waals surface area contributed by atoms with Crippen LogP contribution >= 0.6 is 0 Å². The number of hydrogen-bond acceptors (Lipinski definition) is 6. The summed E-state index contributed by atoms with van der Waals surface area (Å²) in [7, 11) is 1.59. The molecular weight excluding hydrogens is 320 g/mol. The topological polar surface area (TPSA) is 103 Å². The standard InChI is InChI=1S/C18H24N4O3/c1-11(2)14(16-21-17(22-25-16)18(19)9-4-10-18)20-15(23)12-5-7-13(24-3)8-6-12/h5-8,11,14H,4,9-10,19H2,1-3H3,(H,20,23). The minimum atomic E-state index is -0.483. The number of amides is 1. The number of carbonyl (C=O) groups excluding carboxylic acids is 1. The lowest BCUT2D eigenvalue weighted by Gasteiger charge is -2.34. The van der Waals surface area contributed by atoms with E-state index in [-0.39, 0.29) is 17.9 Å². The highest BCUT2D eigenvalue weighted by molar-refractivity contribution is 5.94. The van der Waals surface area contributed by atoms with Crippen LogP contribution in [-0.4, -0.2) is 23.2 Å². The van der Waals surface area contributed by atoms with Gasteiger partial charge in [0.2, 0.25) is 5.89 Å². The van der Waals surface area contributed by atoms with Crippen molar-refractivity contribution in [3.05, 3.63) is 41.5 Å². The summed E-state index contributed by atoms with van der Waals surface area (Å²) in [5.74, 6) is 1.51. The van der Waals surface area contributed by atoms with Gasteiger partial charge in [-0.05, 0) is 49.4 Å². The van der Waals surface area contributed by atoms with Crippen molar-refractivity contribution in [1.82, 2.24) is 15.5 Å². The highest BCUT2D eigenvalue weighted by atomic mass is 16.5. The first-order valence-electron chi connectivity index (χ1n) is 8.51. The average molecular weight is 344 g/mol. The molecule has 3 rings (SSSR count). The zero-order valence-electron chi connectivity index (χ0n) is 14.8. The Morgan fingerprint density at radius 2 is 2.00 bits per heavy atom. The Balaban J connectivity index is 1.75. The lowest BCUT2D eigenvalue weighted by atomic mass is 9.77. The Morgan fingerprint density at radius 1 is 1.32 bits per heavy atom. The maximum Gasteiger partial charge on any atom is 0.251 e. The molecule has 0 bridgehead atoms. The maximum atomic E-state index is 12.5. The van der Waals surface area contributed by atoms with Crippen molar-refractivity contribution in [2.75, 3.05) is 7.11 Å². The third kappa shape index (κ3) is 3.51. The van der Waals surface area contributed by atoms with E-state index in [1.54, 1.807) is 31.4 Å². The van der Waals surface area contributed by atoms with Crippen LogP contribution in [0.3, 0.4) is 0 Å². The smallest absolute Gasteiger partial charge is 0.251 e. The first-order valence-corrected chi connectivity index (χ1v) is 8.51. The summed E-state index contributed by atoms with van der Waals surface area (Å²) in [6.45, 7) is 3.98. The normalized spacial score (nSPS) is 17.0. The van der Waals surface area contributed by atoms with Crippen LogP contribution in [0.5, 0.6) is 5.75 Å². The van der Waals surface area contributed by atoms with Crippen LogP contribution in [0.15, 0.2) is 28.8 Å². The molecule has 25 heavy (non-hydrogen) atoms. The Hall–Kier alpha value is -2.41. The minimum absolute atomic E-state index is 0.0885. The van der Waals surface area contributed by atoms with Gasteiger partial charge in [0.25, 0.3) is 5.91 Å². The number of carbonyl (C=O) groups is 1. The first-order chi connectivity index (χ1) is 11.9. The van der Waals surface area contributed by atoms with Crippen molar-refractivity contribution >= 4 is 5.91 Å². The summed E-state index contributed by atoms with van der Waals surface area (Å²) in [6, 6.07) is 6.55. The second kappa shape index (κ2) is 6.84. The van der Waals surface area contributed by atoms with Crippen molar-refractivity contribution in [2.45, 2.75) is 44.7 Å². The number of methoxy groups -OCH3 is 1.